The van der Waals surface area contributed by atoms with Crippen molar-refractivity contribution in [1.29, 1.82) is 0 Å². The van der Waals surface area contributed by atoms with Crippen molar-refractivity contribution in [3.8, 4) is 5.75 Å². The minimum absolute atomic E-state index is 0.0664. The number of pyridine rings is 1. The molecule has 0 saturated heterocycles. The van der Waals surface area contributed by atoms with Gasteiger partial charge in [0.25, 0.3) is 0 Å². The largest absolute Gasteiger partial charge is 0.494 e. The van der Waals surface area contributed by atoms with Gasteiger partial charge in [0.1, 0.15) is 17.0 Å². The molecule has 3 nitrogen and oxygen atoms in total. The number of benzene rings is 1. The van der Waals surface area contributed by atoms with Gasteiger partial charge in [0, 0.05) is 16.6 Å². The third-order valence-corrected chi connectivity index (χ3v) is 2.76. The quantitative estimate of drug-likeness (QED) is 0.852. The summed E-state index contributed by atoms with van der Waals surface area (Å²) in [6.45, 7) is 1.31. The van der Waals surface area contributed by atoms with Crippen molar-refractivity contribution >= 4 is 16.6 Å². The van der Waals surface area contributed by atoms with Gasteiger partial charge in [-0.1, -0.05) is 12.1 Å². The van der Waals surface area contributed by atoms with Crippen LogP contribution in [0.1, 0.15) is 11.3 Å². The molecule has 0 aliphatic carbocycles. The molecule has 1 aromatic carbocycles. The lowest BCUT2D eigenvalue weighted by molar-refractivity contribution is -0.141. The van der Waals surface area contributed by atoms with Gasteiger partial charge in [-0.3, -0.25) is 0 Å². The van der Waals surface area contributed by atoms with Crippen LogP contribution in [0.15, 0.2) is 18.2 Å². The van der Waals surface area contributed by atoms with Gasteiger partial charge in [-0.2, -0.15) is 13.2 Å². The number of nitrogen functional groups attached to an aromatic ring is 1. The number of ether oxygens (including phenoxy) is 1. The van der Waals surface area contributed by atoms with E-state index in [9.17, 15) is 13.2 Å². The number of para-hydroxylation sites is 1. The molecule has 0 fully saturated rings. The number of hydrogen-bond acceptors (Lipinski definition) is 3. The topological polar surface area (TPSA) is 48.1 Å². The molecule has 96 valence electrons. The normalized spacial score (nSPS) is 11.8. The summed E-state index contributed by atoms with van der Waals surface area (Å²) in [5.41, 5.74) is 4.90. The third-order valence-electron chi connectivity index (χ3n) is 2.76. The maximum atomic E-state index is 12.8. The minimum atomic E-state index is -4.53. The zero-order valence-electron chi connectivity index (χ0n) is 9.80. The van der Waals surface area contributed by atoms with Crippen LogP contribution in [-0.4, -0.2) is 12.1 Å². The fourth-order valence-electron chi connectivity index (χ4n) is 1.82. The van der Waals surface area contributed by atoms with E-state index in [0.717, 1.165) is 0 Å². The Labute approximate surface area is 101 Å². The highest BCUT2D eigenvalue weighted by Crippen LogP contribution is 2.37. The Kier molecular flexibility index (Phi) is 2.80. The number of aromatic nitrogens is 1. The highest BCUT2D eigenvalue weighted by Gasteiger charge is 2.36. The number of halogens is 3. The van der Waals surface area contributed by atoms with Crippen LogP contribution in [0.5, 0.6) is 5.75 Å². The number of nitrogens with zero attached hydrogens (tertiary/aromatic N) is 1. The van der Waals surface area contributed by atoms with E-state index in [0.29, 0.717) is 5.39 Å². The summed E-state index contributed by atoms with van der Waals surface area (Å²) in [6, 6.07) is 4.82. The van der Waals surface area contributed by atoms with E-state index >= 15 is 0 Å². The smallest absolute Gasteiger partial charge is 0.433 e. The molecule has 2 N–H and O–H groups in total. The zero-order valence-corrected chi connectivity index (χ0v) is 9.80. The fourth-order valence-corrected chi connectivity index (χ4v) is 1.82. The SMILES string of the molecule is COc1cccc2c(N)c(C)c(C(F)(F)F)nc12. The van der Waals surface area contributed by atoms with Gasteiger partial charge in [0.15, 0.2) is 0 Å². The maximum absolute atomic E-state index is 12.8. The maximum Gasteiger partial charge on any atom is 0.433 e. The van der Waals surface area contributed by atoms with E-state index in [-0.39, 0.29) is 22.5 Å². The lowest BCUT2D eigenvalue weighted by atomic mass is 10.1. The van der Waals surface area contributed by atoms with E-state index in [4.69, 9.17) is 10.5 Å². The van der Waals surface area contributed by atoms with Crippen molar-refractivity contribution in [2.75, 3.05) is 12.8 Å². The van der Waals surface area contributed by atoms with Crippen molar-refractivity contribution < 1.29 is 17.9 Å². The molecule has 0 bridgehead atoms. The Morgan fingerprint density at radius 1 is 1.28 bits per heavy atom. The van der Waals surface area contributed by atoms with E-state index in [1.165, 1.54) is 14.0 Å². The standard InChI is InChI=1S/C12H11F3N2O/c1-6-9(16)7-4-3-5-8(18-2)10(7)17-11(6)12(13,14)15/h3-5H,1-2H3,(H2,16,17). The molecule has 0 unspecified atom stereocenters. The molecule has 0 aliphatic rings. The number of fused-ring (bicyclic) bond motifs is 1. The predicted octanol–water partition coefficient (Wildman–Crippen LogP) is 3.15. The molecule has 18 heavy (non-hydrogen) atoms. The highest BCUT2D eigenvalue weighted by molar-refractivity contribution is 5.95. The third kappa shape index (κ3) is 1.83. The van der Waals surface area contributed by atoms with Crippen LogP contribution >= 0.6 is 0 Å². The molecule has 0 atom stereocenters. The van der Waals surface area contributed by atoms with Crippen LogP contribution in [0.25, 0.3) is 10.9 Å². The van der Waals surface area contributed by atoms with Crippen molar-refractivity contribution in [1.82, 2.24) is 4.98 Å². The average molecular weight is 256 g/mol. The fraction of sp³-hybridized carbons (Fsp3) is 0.250. The molecule has 1 heterocycles. The van der Waals surface area contributed by atoms with Gasteiger partial charge in [-0.15, -0.1) is 0 Å². The first-order valence-electron chi connectivity index (χ1n) is 5.16. The lowest BCUT2D eigenvalue weighted by Crippen LogP contribution is -2.12. The van der Waals surface area contributed by atoms with E-state index in [2.05, 4.69) is 4.98 Å². The van der Waals surface area contributed by atoms with Crippen LogP contribution in [0, 0.1) is 6.92 Å². The van der Waals surface area contributed by atoms with Crippen molar-refractivity contribution in [2.45, 2.75) is 13.1 Å². The molecule has 0 aliphatic heterocycles. The van der Waals surface area contributed by atoms with Crippen LogP contribution in [-0.2, 0) is 6.18 Å². The Morgan fingerprint density at radius 3 is 2.50 bits per heavy atom. The lowest BCUT2D eigenvalue weighted by Gasteiger charge is -2.14. The molecule has 2 rings (SSSR count). The second kappa shape index (κ2) is 4.04. The molecule has 0 saturated carbocycles. The van der Waals surface area contributed by atoms with Crippen LogP contribution < -0.4 is 10.5 Å². The Hall–Kier alpha value is -1.98. The predicted molar refractivity (Wildman–Crippen MR) is 62.4 cm³/mol. The van der Waals surface area contributed by atoms with Gasteiger partial charge in [-0.25, -0.2) is 4.98 Å². The Bertz CT molecular complexity index is 608. The van der Waals surface area contributed by atoms with Crippen LogP contribution in [0.4, 0.5) is 18.9 Å². The first-order valence-corrected chi connectivity index (χ1v) is 5.16. The minimum Gasteiger partial charge on any atom is -0.494 e. The molecular formula is C12H11F3N2O. The summed E-state index contributed by atoms with van der Waals surface area (Å²) in [7, 11) is 1.37. The van der Waals surface area contributed by atoms with Crippen LogP contribution in [0.3, 0.4) is 0 Å². The van der Waals surface area contributed by atoms with Gasteiger partial charge in [0.2, 0.25) is 0 Å². The summed E-state index contributed by atoms with van der Waals surface area (Å²) in [5.74, 6) is 0.268. The van der Waals surface area contributed by atoms with Gasteiger partial charge >= 0.3 is 6.18 Å². The number of hydrogen-bond donors (Lipinski definition) is 1. The van der Waals surface area contributed by atoms with Gasteiger partial charge in [-0.05, 0) is 13.0 Å². The van der Waals surface area contributed by atoms with Gasteiger partial charge < -0.3 is 10.5 Å². The monoisotopic (exact) mass is 256 g/mol. The number of alkyl halides is 3. The van der Waals surface area contributed by atoms with Gasteiger partial charge in [0.05, 0.1) is 7.11 Å². The van der Waals surface area contributed by atoms with E-state index < -0.39 is 11.9 Å². The zero-order chi connectivity index (χ0) is 13.5. The molecule has 1 aromatic heterocycles. The summed E-state index contributed by atoms with van der Waals surface area (Å²) in [5, 5.41) is 0.458. The van der Waals surface area contributed by atoms with Crippen molar-refractivity contribution in [3.05, 3.63) is 29.5 Å². The second-order valence-electron chi connectivity index (χ2n) is 3.85. The Morgan fingerprint density at radius 2 is 1.94 bits per heavy atom. The van der Waals surface area contributed by atoms with E-state index in [1.807, 2.05) is 0 Å². The number of anilines is 1. The highest BCUT2D eigenvalue weighted by atomic mass is 19.4. The molecule has 2 aromatic rings. The summed E-state index contributed by atoms with van der Waals surface area (Å²) >= 11 is 0. The molecule has 0 amide bonds. The summed E-state index contributed by atoms with van der Waals surface area (Å²) < 4.78 is 43.5. The number of methoxy groups -OCH3 is 1. The first-order chi connectivity index (χ1) is 8.36. The molecule has 0 radical (unpaired) electrons. The number of rotatable bonds is 1. The van der Waals surface area contributed by atoms with Crippen molar-refractivity contribution in [3.63, 3.8) is 0 Å². The first kappa shape index (κ1) is 12.5. The Balaban J connectivity index is 2.89. The molecule has 0 spiro atoms. The second-order valence-corrected chi connectivity index (χ2v) is 3.85. The number of nitrogens with two attached hydrogens (primary N) is 1. The van der Waals surface area contributed by atoms with Crippen LogP contribution in [0.2, 0.25) is 0 Å². The summed E-state index contributed by atoms with van der Waals surface area (Å²) in [4.78, 5) is 3.65. The molecular weight excluding hydrogens is 245 g/mol. The van der Waals surface area contributed by atoms with Crippen molar-refractivity contribution in [2.24, 2.45) is 0 Å². The average Bonchev–Trinajstić information content (AvgIpc) is 2.31. The summed E-state index contributed by atoms with van der Waals surface area (Å²) in [6.07, 6.45) is -4.53. The van der Waals surface area contributed by atoms with E-state index in [1.54, 1.807) is 18.2 Å². The molecule has 6 heteroatoms.